The normalized spacial score (nSPS) is 30.9. The van der Waals surface area contributed by atoms with Crippen LogP contribution in [0, 0.1) is 5.92 Å². The van der Waals surface area contributed by atoms with Crippen molar-refractivity contribution < 1.29 is 4.74 Å². The van der Waals surface area contributed by atoms with E-state index >= 15 is 0 Å². The molecule has 19 heavy (non-hydrogen) atoms. The summed E-state index contributed by atoms with van der Waals surface area (Å²) in [7, 11) is 0. The molecule has 2 atom stereocenters. The minimum Gasteiger partial charge on any atom is -0.380 e. The van der Waals surface area contributed by atoms with Crippen molar-refractivity contribution in [2.45, 2.75) is 39.3 Å². The SMILES string of the molecule is CCNC1CCOCC1N1CCN(CC(C)C)CC1. The molecule has 112 valence electrons. The van der Waals surface area contributed by atoms with Gasteiger partial charge in [-0.15, -0.1) is 0 Å². The number of ether oxygens (including phenoxy) is 1. The minimum absolute atomic E-state index is 0.579. The van der Waals surface area contributed by atoms with Crippen LogP contribution in [0.25, 0.3) is 0 Å². The van der Waals surface area contributed by atoms with Gasteiger partial charge in [-0.25, -0.2) is 0 Å². The van der Waals surface area contributed by atoms with Crippen LogP contribution in [-0.4, -0.2) is 74.4 Å². The molecule has 0 aromatic carbocycles. The van der Waals surface area contributed by atoms with Gasteiger partial charge < -0.3 is 15.0 Å². The van der Waals surface area contributed by atoms with E-state index in [9.17, 15) is 0 Å². The molecule has 4 heteroatoms. The van der Waals surface area contributed by atoms with E-state index in [1.54, 1.807) is 0 Å². The molecule has 0 aromatic heterocycles. The van der Waals surface area contributed by atoms with E-state index in [0.717, 1.165) is 32.1 Å². The molecular weight excluding hydrogens is 238 g/mol. The lowest BCUT2D eigenvalue weighted by molar-refractivity contribution is -0.0207. The third-order valence-corrected chi connectivity index (χ3v) is 4.29. The number of nitrogens with one attached hydrogen (secondary N) is 1. The van der Waals surface area contributed by atoms with E-state index in [1.165, 1.54) is 32.7 Å². The van der Waals surface area contributed by atoms with Gasteiger partial charge in [0.25, 0.3) is 0 Å². The van der Waals surface area contributed by atoms with Gasteiger partial charge >= 0.3 is 0 Å². The molecule has 2 aliphatic heterocycles. The number of rotatable bonds is 5. The summed E-state index contributed by atoms with van der Waals surface area (Å²) in [5.41, 5.74) is 0. The number of piperazine rings is 1. The van der Waals surface area contributed by atoms with Gasteiger partial charge in [-0.3, -0.25) is 4.90 Å². The second-order valence-electron chi connectivity index (χ2n) is 6.33. The van der Waals surface area contributed by atoms with Crippen molar-refractivity contribution in [1.29, 1.82) is 0 Å². The first kappa shape index (κ1) is 15.2. The van der Waals surface area contributed by atoms with E-state index in [4.69, 9.17) is 4.74 Å². The van der Waals surface area contributed by atoms with Gasteiger partial charge in [-0.2, -0.15) is 0 Å². The highest BCUT2D eigenvalue weighted by atomic mass is 16.5. The van der Waals surface area contributed by atoms with E-state index in [2.05, 4.69) is 35.9 Å². The zero-order valence-electron chi connectivity index (χ0n) is 12.9. The van der Waals surface area contributed by atoms with Crippen LogP contribution < -0.4 is 5.32 Å². The molecule has 0 amide bonds. The third kappa shape index (κ3) is 4.42. The van der Waals surface area contributed by atoms with Crippen LogP contribution in [0.5, 0.6) is 0 Å². The Labute approximate surface area is 118 Å². The van der Waals surface area contributed by atoms with Crippen molar-refractivity contribution in [2.24, 2.45) is 5.92 Å². The fourth-order valence-electron chi connectivity index (χ4n) is 3.38. The van der Waals surface area contributed by atoms with Crippen molar-refractivity contribution in [1.82, 2.24) is 15.1 Å². The Hall–Kier alpha value is -0.160. The maximum absolute atomic E-state index is 5.71. The zero-order chi connectivity index (χ0) is 13.7. The maximum Gasteiger partial charge on any atom is 0.0637 e. The fraction of sp³-hybridized carbons (Fsp3) is 1.00. The molecule has 2 heterocycles. The van der Waals surface area contributed by atoms with Crippen LogP contribution in [0.15, 0.2) is 0 Å². The predicted molar refractivity (Wildman–Crippen MR) is 79.5 cm³/mol. The summed E-state index contributed by atoms with van der Waals surface area (Å²) in [4.78, 5) is 5.25. The highest BCUT2D eigenvalue weighted by Crippen LogP contribution is 2.17. The van der Waals surface area contributed by atoms with Gasteiger partial charge in [-0.05, 0) is 18.9 Å². The van der Waals surface area contributed by atoms with Gasteiger partial charge in [0.2, 0.25) is 0 Å². The summed E-state index contributed by atoms with van der Waals surface area (Å²) in [6, 6.07) is 1.20. The van der Waals surface area contributed by atoms with E-state index in [1.807, 2.05) is 0 Å². The smallest absolute Gasteiger partial charge is 0.0637 e. The summed E-state index contributed by atoms with van der Waals surface area (Å²) in [6.07, 6.45) is 1.16. The van der Waals surface area contributed by atoms with Crippen LogP contribution in [0.2, 0.25) is 0 Å². The number of hydrogen-bond donors (Lipinski definition) is 1. The third-order valence-electron chi connectivity index (χ3n) is 4.29. The molecule has 0 aromatic rings. The largest absolute Gasteiger partial charge is 0.380 e. The molecule has 2 unspecified atom stereocenters. The monoisotopic (exact) mass is 269 g/mol. The molecule has 0 saturated carbocycles. The van der Waals surface area contributed by atoms with E-state index < -0.39 is 0 Å². The average Bonchev–Trinajstić information content (AvgIpc) is 2.40. The minimum atomic E-state index is 0.579. The quantitative estimate of drug-likeness (QED) is 0.807. The van der Waals surface area contributed by atoms with Crippen LogP contribution in [0.3, 0.4) is 0 Å². The highest BCUT2D eigenvalue weighted by Gasteiger charge is 2.32. The Morgan fingerprint density at radius 2 is 1.95 bits per heavy atom. The van der Waals surface area contributed by atoms with Crippen molar-refractivity contribution in [2.75, 3.05) is 52.5 Å². The van der Waals surface area contributed by atoms with Gasteiger partial charge in [0.1, 0.15) is 0 Å². The maximum atomic E-state index is 5.71. The summed E-state index contributed by atoms with van der Waals surface area (Å²) < 4.78 is 5.71. The summed E-state index contributed by atoms with van der Waals surface area (Å²) in [5.74, 6) is 0.777. The van der Waals surface area contributed by atoms with E-state index in [0.29, 0.717) is 12.1 Å². The molecule has 2 rings (SSSR count). The van der Waals surface area contributed by atoms with Crippen molar-refractivity contribution in [3.63, 3.8) is 0 Å². The Bertz CT molecular complexity index is 250. The molecule has 1 N–H and O–H groups in total. The molecular formula is C15H31N3O. The predicted octanol–water partition coefficient (Wildman–Crippen LogP) is 1.03. The van der Waals surface area contributed by atoms with Crippen LogP contribution in [0.4, 0.5) is 0 Å². The molecule has 0 aliphatic carbocycles. The first-order valence-electron chi connectivity index (χ1n) is 7.98. The second kappa shape index (κ2) is 7.58. The van der Waals surface area contributed by atoms with Crippen molar-refractivity contribution in [3.8, 4) is 0 Å². The molecule has 0 spiro atoms. The van der Waals surface area contributed by atoms with Crippen molar-refractivity contribution in [3.05, 3.63) is 0 Å². The highest BCUT2D eigenvalue weighted by molar-refractivity contribution is 4.89. The summed E-state index contributed by atoms with van der Waals surface area (Å²) in [6.45, 7) is 15.8. The number of nitrogens with zero attached hydrogens (tertiary/aromatic N) is 2. The van der Waals surface area contributed by atoms with Gasteiger partial charge in [-0.1, -0.05) is 20.8 Å². The van der Waals surface area contributed by atoms with Gasteiger partial charge in [0.05, 0.1) is 6.61 Å². The number of hydrogen-bond acceptors (Lipinski definition) is 4. The Morgan fingerprint density at radius 3 is 2.58 bits per heavy atom. The first-order valence-corrected chi connectivity index (χ1v) is 7.98. The molecule has 4 nitrogen and oxygen atoms in total. The average molecular weight is 269 g/mol. The molecule has 2 aliphatic rings. The fourth-order valence-corrected chi connectivity index (χ4v) is 3.38. The Morgan fingerprint density at radius 1 is 1.21 bits per heavy atom. The van der Waals surface area contributed by atoms with Crippen LogP contribution in [0.1, 0.15) is 27.2 Å². The Kier molecular flexibility index (Phi) is 6.07. The second-order valence-corrected chi connectivity index (χ2v) is 6.33. The number of likely N-dealkylation sites (N-methyl/N-ethyl adjacent to an activating group) is 1. The lowest BCUT2D eigenvalue weighted by Crippen LogP contribution is -2.60. The van der Waals surface area contributed by atoms with Crippen molar-refractivity contribution >= 4 is 0 Å². The molecule has 2 saturated heterocycles. The summed E-state index contributed by atoms with van der Waals surface area (Å²) >= 11 is 0. The topological polar surface area (TPSA) is 27.7 Å². The van der Waals surface area contributed by atoms with Crippen LogP contribution >= 0.6 is 0 Å². The zero-order valence-corrected chi connectivity index (χ0v) is 12.9. The molecule has 0 bridgehead atoms. The molecule has 2 fully saturated rings. The first-order chi connectivity index (χ1) is 9.20. The molecule has 0 radical (unpaired) electrons. The van der Waals surface area contributed by atoms with Crippen LogP contribution in [-0.2, 0) is 4.74 Å². The lowest BCUT2D eigenvalue weighted by atomic mass is 10.0. The lowest BCUT2D eigenvalue weighted by Gasteiger charge is -2.44. The van der Waals surface area contributed by atoms with Gasteiger partial charge in [0.15, 0.2) is 0 Å². The Balaban J connectivity index is 1.81. The standard InChI is InChI=1S/C15H31N3O/c1-4-16-14-5-10-19-12-15(14)18-8-6-17(7-9-18)11-13(2)3/h13-16H,4-12H2,1-3H3. The summed E-state index contributed by atoms with van der Waals surface area (Å²) in [5, 5.41) is 3.64. The van der Waals surface area contributed by atoms with Gasteiger partial charge in [0, 0.05) is 51.4 Å². The van der Waals surface area contributed by atoms with E-state index in [-0.39, 0.29) is 0 Å².